The molecule has 0 unspecified atom stereocenters. The number of nitrogens with zero attached hydrogens (tertiary/aromatic N) is 4. The lowest BCUT2D eigenvalue weighted by Gasteiger charge is -2.11. The van der Waals surface area contributed by atoms with Crippen LogP contribution in [0.15, 0.2) is 18.6 Å². The van der Waals surface area contributed by atoms with Crippen molar-refractivity contribution in [2.45, 2.75) is 25.8 Å². The fourth-order valence-electron chi connectivity index (χ4n) is 2.39. The maximum absolute atomic E-state index is 4.68. The van der Waals surface area contributed by atoms with E-state index in [0.29, 0.717) is 6.04 Å². The molecule has 18 heavy (non-hydrogen) atoms. The van der Waals surface area contributed by atoms with E-state index < -0.39 is 0 Å². The molecule has 0 aromatic carbocycles. The Balaban J connectivity index is 2.03. The lowest BCUT2D eigenvalue weighted by Crippen LogP contribution is -2.16. The summed E-state index contributed by atoms with van der Waals surface area (Å²) in [5.74, 6) is 0.906. The molecule has 3 rings (SSSR count). The summed E-state index contributed by atoms with van der Waals surface area (Å²) >= 11 is 0. The molecule has 2 aromatic heterocycles. The van der Waals surface area contributed by atoms with Crippen molar-refractivity contribution in [1.29, 1.82) is 0 Å². The van der Waals surface area contributed by atoms with Crippen molar-refractivity contribution in [1.82, 2.24) is 24.8 Å². The quantitative estimate of drug-likeness (QED) is 0.870. The van der Waals surface area contributed by atoms with Crippen molar-refractivity contribution >= 4 is 0 Å². The van der Waals surface area contributed by atoms with Gasteiger partial charge in [0.25, 0.3) is 0 Å². The molecule has 5 heteroatoms. The highest BCUT2D eigenvalue weighted by Gasteiger charge is 2.20. The Hall–Kier alpha value is -1.75. The van der Waals surface area contributed by atoms with Crippen LogP contribution in [-0.4, -0.2) is 26.1 Å². The van der Waals surface area contributed by atoms with Gasteiger partial charge in [0.15, 0.2) is 0 Å². The number of imidazole rings is 1. The molecule has 1 atom stereocenters. The molecule has 0 spiro atoms. The zero-order chi connectivity index (χ0) is 12.5. The van der Waals surface area contributed by atoms with Crippen molar-refractivity contribution in [2.75, 3.05) is 6.54 Å². The predicted octanol–water partition coefficient (Wildman–Crippen LogP) is 1.61. The molecule has 0 amide bonds. The van der Waals surface area contributed by atoms with Gasteiger partial charge in [0.2, 0.25) is 0 Å². The van der Waals surface area contributed by atoms with Gasteiger partial charge in [-0.1, -0.05) is 0 Å². The van der Waals surface area contributed by atoms with Crippen LogP contribution in [0.25, 0.3) is 11.4 Å². The minimum absolute atomic E-state index is 0.303. The third-order valence-electron chi connectivity index (χ3n) is 3.32. The van der Waals surface area contributed by atoms with Crippen LogP contribution in [0, 0.1) is 6.92 Å². The second-order valence-electron chi connectivity index (χ2n) is 4.79. The van der Waals surface area contributed by atoms with Crippen molar-refractivity contribution in [3.63, 3.8) is 0 Å². The Morgan fingerprint density at radius 2 is 2.28 bits per heavy atom. The van der Waals surface area contributed by atoms with Crippen LogP contribution in [0.2, 0.25) is 0 Å². The maximum Gasteiger partial charge on any atom is 0.146 e. The van der Waals surface area contributed by atoms with E-state index in [1.54, 1.807) is 6.33 Å². The van der Waals surface area contributed by atoms with Crippen LogP contribution < -0.4 is 5.32 Å². The third-order valence-corrected chi connectivity index (χ3v) is 3.32. The molecular formula is C13H17N5. The molecule has 0 bridgehead atoms. The average Bonchev–Trinajstić information content (AvgIpc) is 2.98. The maximum atomic E-state index is 4.68. The number of hydrogen-bond donors (Lipinski definition) is 1. The summed E-state index contributed by atoms with van der Waals surface area (Å²) in [4.78, 5) is 13.4. The van der Waals surface area contributed by atoms with E-state index in [1.165, 1.54) is 6.42 Å². The van der Waals surface area contributed by atoms with E-state index in [2.05, 4.69) is 20.3 Å². The Labute approximate surface area is 106 Å². The Morgan fingerprint density at radius 1 is 1.39 bits per heavy atom. The van der Waals surface area contributed by atoms with Crippen molar-refractivity contribution < 1.29 is 0 Å². The number of rotatable bonds is 2. The topological polar surface area (TPSA) is 55.6 Å². The van der Waals surface area contributed by atoms with Crippen LogP contribution in [0.5, 0.6) is 0 Å². The van der Waals surface area contributed by atoms with Gasteiger partial charge in [-0.3, -0.25) is 0 Å². The highest BCUT2D eigenvalue weighted by atomic mass is 15.1. The van der Waals surface area contributed by atoms with Gasteiger partial charge in [-0.25, -0.2) is 15.0 Å². The Bertz CT molecular complexity index is 554. The van der Waals surface area contributed by atoms with E-state index in [0.717, 1.165) is 35.9 Å². The monoisotopic (exact) mass is 243 g/mol. The molecule has 1 saturated heterocycles. The smallest absolute Gasteiger partial charge is 0.146 e. The van der Waals surface area contributed by atoms with Crippen LogP contribution in [0.1, 0.15) is 30.4 Å². The third kappa shape index (κ3) is 2.01. The van der Waals surface area contributed by atoms with Crippen molar-refractivity contribution in [3.8, 4) is 11.4 Å². The summed E-state index contributed by atoms with van der Waals surface area (Å²) in [5.41, 5.74) is 2.98. The fourth-order valence-corrected chi connectivity index (χ4v) is 2.39. The average molecular weight is 243 g/mol. The standard InChI is InChI=1S/C13H17N5/c1-9-6-11(12-7-14-8-18(12)2)17-13(16-9)10-4-3-5-15-10/h6-8,10,15H,3-5H2,1-2H3/t10-/m1/s1. The van der Waals surface area contributed by atoms with E-state index in [-0.39, 0.29) is 0 Å². The molecule has 1 aliphatic rings. The molecular weight excluding hydrogens is 226 g/mol. The summed E-state index contributed by atoms with van der Waals surface area (Å²) in [6, 6.07) is 2.31. The highest BCUT2D eigenvalue weighted by molar-refractivity contribution is 5.54. The first-order valence-corrected chi connectivity index (χ1v) is 6.30. The molecule has 0 saturated carbocycles. The molecule has 0 aliphatic carbocycles. The van der Waals surface area contributed by atoms with Gasteiger partial charge in [-0.2, -0.15) is 0 Å². The summed E-state index contributed by atoms with van der Waals surface area (Å²) in [5, 5.41) is 3.44. The Kier molecular flexibility index (Phi) is 2.83. The van der Waals surface area contributed by atoms with Crippen LogP contribution in [0.3, 0.4) is 0 Å². The van der Waals surface area contributed by atoms with Gasteiger partial charge in [0, 0.05) is 12.7 Å². The SMILES string of the molecule is Cc1cc(-c2cncn2C)nc([C@H]2CCCN2)n1. The van der Waals surface area contributed by atoms with Gasteiger partial charge >= 0.3 is 0 Å². The van der Waals surface area contributed by atoms with Gasteiger partial charge in [-0.15, -0.1) is 0 Å². The molecule has 1 aliphatic heterocycles. The van der Waals surface area contributed by atoms with Gasteiger partial charge in [0.1, 0.15) is 5.82 Å². The molecule has 0 radical (unpaired) electrons. The lowest BCUT2D eigenvalue weighted by molar-refractivity contribution is 0.603. The van der Waals surface area contributed by atoms with Crippen molar-refractivity contribution in [3.05, 3.63) is 30.1 Å². The largest absolute Gasteiger partial charge is 0.332 e. The van der Waals surface area contributed by atoms with Crippen LogP contribution in [0.4, 0.5) is 0 Å². The van der Waals surface area contributed by atoms with Gasteiger partial charge in [0.05, 0.1) is 30.0 Å². The first-order chi connectivity index (χ1) is 8.74. The van der Waals surface area contributed by atoms with Crippen LogP contribution >= 0.6 is 0 Å². The van der Waals surface area contributed by atoms with E-state index in [1.807, 2.05) is 30.8 Å². The molecule has 5 nitrogen and oxygen atoms in total. The number of aryl methyl sites for hydroxylation is 2. The predicted molar refractivity (Wildman–Crippen MR) is 68.9 cm³/mol. The molecule has 2 aromatic rings. The van der Waals surface area contributed by atoms with Crippen molar-refractivity contribution in [2.24, 2.45) is 7.05 Å². The highest BCUT2D eigenvalue weighted by Crippen LogP contribution is 2.23. The molecule has 3 heterocycles. The summed E-state index contributed by atoms with van der Waals surface area (Å²) in [6.45, 7) is 3.07. The van der Waals surface area contributed by atoms with Gasteiger partial charge < -0.3 is 9.88 Å². The Morgan fingerprint density at radius 3 is 2.94 bits per heavy atom. The van der Waals surface area contributed by atoms with Crippen LogP contribution in [-0.2, 0) is 7.05 Å². The normalized spacial score (nSPS) is 19.3. The minimum Gasteiger partial charge on any atom is -0.332 e. The first-order valence-electron chi connectivity index (χ1n) is 6.30. The van der Waals surface area contributed by atoms with E-state index in [9.17, 15) is 0 Å². The molecule has 1 N–H and O–H groups in total. The number of aromatic nitrogens is 4. The fraction of sp³-hybridized carbons (Fsp3) is 0.462. The zero-order valence-corrected chi connectivity index (χ0v) is 10.7. The molecule has 1 fully saturated rings. The number of nitrogens with one attached hydrogen (secondary N) is 1. The molecule has 94 valence electrons. The summed E-state index contributed by atoms with van der Waals surface area (Å²) in [7, 11) is 1.98. The second kappa shape index (κ2) is 4.49. The minimum atomic E-state index is 0.303. The first kappa shape index (κ1) is 11.3. The zero-order valence-electron chi connectivity index (χ0n) is 10.7. The van der Waals surface area contributed by atoms with E-state index in [4.69, 9.17) is 0 Å². The summed E-state index contributed by atoms with van der Waals surface area (Å²) in [6.07, 6.45) is 5.95. The number of hydrogen-bond acceptors (Lipinski definition) is 4. The summed E-state index contributed by atoms with van der Waals surface area (Å²) < 4.78 is 1.98. The van der Waals surface area contributed by atoms with E-state index >= 15 is 0 Å². The van der Waals surface area contributed by atoms with Gasteiger partial charge in [-0.05, 0) is 32.4 Å². The second-order valence-corrected chi connectivity index (χ2v) is 4.79. The lowest BCUT2D eigenvalue weighted by atomic mass is 10.2.